The molecule has 1 heterocycles. The first-order chi connectivity index (χ1) is 10.8. The Morgan fingerprint density at radius 2 is 2.09 bits per heavy atom. The normalized spacial score (nSPS) is 13.7. The summed E-state index contributed by atoms with van der Waals surface area (Å²) in [6.45, 7) is 5.68. The highest BCUT2D eigenvalue weighted by atomic mass is 35.5. The van der Waals surface area contributed by atoms with Gasteiger partial charge in [0.15, 0.2) is 0 Å². The summed E-state index contributed by atoms with van der Waals surface area (Å²) in [5.74, 6) is 0.155. The number of hydrogen-bond donors (Lipinski definition) is 1. The lowest BCUT2D eigenvalue weighted by molar-refractivity contribution is 0.0641. The van der Waals surface area contributed by atoms with E-state index in [4.69, 9.17) is 16.3 Å². The van der Waals surface area contributed by atoms with Gasteiger partial charge in [0.2, 0.25) is 0 Å². The molecule has 2 aromatic rings. The molecule has 3 nitrogen and oxygen atoms in total. The van der Waals surface area contributed by atoms with Crippen molar-refractivity contribution in [2.24, 2.45) is 5.41 Å². The molecule has 1 aromatic heterocycles. The van der Waals surface area contributed by atoms with Gasteiger partial charge < -0.3 is 9.84 Å². The molecule has 1 aromatic carbocycles. The Kier molecular flexibility index (Phi) is 5.39. The Hall–Kier alpha value is -1.91. The van der Waals surface area contributed by atoms with Crippen molar-refractivity contribution in [1.29, 1.82) is 0 Å². The van der Waals surface area contributed by atoms with Crippen molar-refractivity contribution in [1.82, 2.24) is 4.98 Å². The largest absolute Gasteiger partial charge is 0.457 e. The van der Waals surface area contributed by atoms with Crippen LogP contribution in [0.5, 0.6) is 5.75 Å². The zero-order valence-electron chi connectivity index (χ0n) is 13.3. The molecule has 2 rings (SSSR count). The molecule has 0 amide bonds. The van der Waals surface area contributed by atoms with Gasteiger partial charge in [-0.05, 0) is 41.3 Å². The number of nitrogens with zero attached hydrogens (tertiary/aromatic N) is 1. The van der Waals surface area contributed by atoms with E-state index in [0.29, 0.717) is 5.76 Å². The zero-order valence-corrected chi connectivity index (χ0v) is 14.0. The van der Waals surface area contributed by atoms with Gasteiger partial charge in [0.1, 0.15) is 23.4 Å². The molecule has 0 fully saturated rings. The highest BCUT2D eigenvalue weighted by molar-refractivity contribution is 6.32. The molecule has 0 radical (unpaired) electrons. The first kappa shape index (κ1) is 17.4. The fourth-order valence-corrected chi connectivity index (χ4v) is 2.11. The van der Waals surface area contributed by atoms with E-state index in [1.165, 1.54) is 18.2 Å². The van der Waals surface area contributed by atoms with E-state index in [2.05, 4.69) is 4.98 Å². The summed E-state index contributed by atoms with van der Waals surface area (Å²) in [6.07, 6.45) is 4.14. The van der Waals surface area contributed by atoms with Crippen molar-refractivity contribution in [3.63, 3.8) is 0 Å². The van der Waals surface area contributed by atoms with Crippen molar-refractivity contribution < 1.29 is 14.2 Å². The van der Waals surface area contributed by atoms with Crippen LogP contribution in [0.25, 0.3) is 6.08 Å². The second-order valence-electron chi connectivity index (χ2n) is 6.28. The number of benzene rings is 1. The van der Waals surface area contributed by atoms with Crippen LogP contribution < -0.4 is 4.74 Å². The van der Waals surface area contributed by atoms with Gasteiger partial charge in [0.05, 0.1) is 5.02 Å². The molecule has 0 bridgehead atoms. The van der Waals surface area contributed by atoms with Crippen molar-refractivity contribution in [2.75, 3.05) is 0 Å². The van der Waals surface area contributed by atoms with Crippen LogP contribution in [-0.2, 0) is 0 Å². The van der Waals surface area contributed by atoms with E-state index in [1.807, 2.05) is 26.8 Å². The molecule has 1 atom stereocenters. The van der Waals surface area contributed by atoms with Crippen molar-refractivity contribution >= 4 is 17.7 Å². The second kappa shape index (κ2) is 7.11. The SMILES string of the molecule is CC(C)(C)C(O)C(=Cc1cccnc1)Oc1ccc(F)cc1Cl. The summed E-state index contributed by atoms with van der Waals surface area (Å²) in [7, 11) is 0. The lowest BCUT2D eigenvalue weighted by atomic mass is 9.87. The van der Waals surface area contributed by atoms with Crippen LogP contribution in [0, 0.1) is 11.2 Å². The lowest BCUT2D eigenvalue weighted by Gasteiger charge is -2.28. The van der Waals surface area contributed by atoms with E-state index in [-0.39, 0.29) is 10.8 Å². The van der Waals surface area contributed by atoms with Gasteiger partial charge >= 0.3 is 0 Å². The van der Waals surface area contributed by atoms with Crippen LogP contribution in [0.1, 0.15) is 26.3 Å². The number of pyridine rings is 1. The number of hydrogen-bond acceptors (Lipinski definition) is 3. The number of ether oxygens (including phenoxy) is 1. The molecule has 122 valence electrons. The average Bonchev–Trinajstić information content (AvgIpc) is 2.48. The third-order valence-electron chi connectivity index (χ3n) is 3.20. The van der Waals surface area contributed by atoms with Crippen molar-refractivity contribution in [3.8, 4) is 5.75 Å². The number of aromatic nitrogens is 1. The Morgan fingerprint density at radius 1 is 1.35 bits per heavy atom. The minimum Gasteiger partial charge on any atom is -0.457 e. The quantitative estimate of drug-likeness (QED) is 0.823. The van der Waals surface area contributed by atoms with Crippen LogP contribution in [0.15, 0.2) is 48.5 Å². The molecule has 1 N–H and O–H groups in total. The fraction of sp³-hybridized carbons (Fsp3) is 0.278. The van der Waals surface area contributed by atoms with Gasteiger partial charge in [-0.25, -0.2) is 4.39 Å². The Bertz CT molecular complexity index is 696. The molecule has 0 aliphatic rings. The third kappa shape index (κ3) is 4.78. The molecule has 23 heavy (non-hydrogen) atoms. The van der Waals surface area contributed by atoms with Crippen molar-refractivity contribution in [3.05, 3.63) is 64.9 Å². The average molecular weight is 336 g/mol. The molecule has 0 aliphatic heterocycles. The Morgan fingerprint density at radius 3 is 2.65 bits per heavy atom. The van der Waals surface area contributed by atoms with Gasteiger partial charge in [0.25, 0.3) is 0 Å². The second-order valence-corrected chi connectivity index (χ2v) is 6.69. The third-order valence-corrected chi connectivity index (χ3v) is 3.50. The Labute approximate surface area is 140 Å². The summed E-state index contributed by atoms with van der Waals surface area (Å²) in [4.78, 5) is 4.04. The monoisotopic (exact) mass is 335 g/mol. The van der Waals surface area contributed by atoms with E-state index < -0.39 is 17.3 Å². The van der Waals surface area contributed by atoms with E-state index >= 15 is 0 Å². The molecular weight excluding hydrogens is 317 g/mol. The molecular formula is C18H19ClFNO2. The predicted molar refractivity (Wildman–Crippen MR) is 89.7 cm³/mol. The van der Waals surface area contributed by atoms with E-state index in [1.54, 1.807) is 24.5 Å². The van der Waals surface area contributed by atoms with Crippen LogP contribution >= 0.6 is 11.6 Å². The van der Waals surface area contributed by atoms with Gasteiger partial charge in [0, 0.05) is 12.4 Å². The standard InChI is InChI=1S/C18H19ClFNO2/c1-18(2,3)17(22)16(9-12-5-4-8-21-11-12)23-15-7-6-13(20)10-14(15)19/h4-11,17,22H,1-3H3. The molecule has 0 spiro atoms. The highest BCUT2D eigenvalue weighted by Crippen LogP contribution is 2.32. The minimum absolute atomic E-state index is 0.142. The van der Waals surface area contributed by atoms with Crippen LogP contribution in [-0.4, -0.2) is 16.2 Å². The first-order valence-corrected chi connectivity index (χ1v) is 7.58. The minimum atomic E-state index is -0.871. The van der Waals surface area contributed by atoms with Crippen LogP contribution in [0.3, 0.4) is 0 Å². The Balaban J connectivity index is 2.39. The highest BCUT2D eigenvalue weighted by Gasteiger charge is 2.28. The summed E-state index contributed by atoms with van der Waals surface area (Å²) >= 11 is 6.01. The molecule has 0 aliphatic carbocycles. The predicted octanol–water partition coefficient (Wildman–Crippen LogP) is 4.70. The van der Waals surface area contributed by atoms with Crippen molar-refractivity contribution in [2.45, 2.75) is 26.9 Å². The topological polar surface area (TPSA) is 42.4 Å². The van der Waals surface area contributed by atoms with E-state index in [0.717, 1.165) is 5.56 Å². The number of rotatable bonds is 4. The molecule has 0 saturated heterocycles. The molecule has 1 unspecified atom stereocenters. The lowest BCUT2D eigenvalue weighted by Crippen LogP contribution is -2.30. The van der Waals surface area contributed by atoms with E-state index in [9.17, 15) is 9.50 Å². The smallest absolute Gasteiger partial charge is 0.145 e. The van der Waals surface area contributed by atoms with Gasteiger partial charge in [-0.1, -0.05) is 38.4 Å². The summed E-state index contributed by atoms with van der Waals surface area (Å²) in [5.41, 5.74) is 0.338. The van der Waals surface area contributed by atoms with Gasteiger partial charge in [-0.2, -0.15) is 0 Å². The van der Waals surface area contributed by atoms with Crippen LogP contribution in [0.2, 0.25) is 5.02 Å². The first-order valence-electron chi connectivity index (χ1n) is 7.20. The zero-order chi connectivity index (χ0) is 17.0. The summed E-state index contributed by atoms with van der Waals surface area (Å²) in [5, 5.41) is 10.7. The van der Waals surface area contributed by atoms with Crippen LogP contribution in [0.4, 0.5) is 4.39 Å². The number of aliphatic hydroxyl groups excluding tert-OH is 1. The maximum absolute atomic E-state index is 13.2. The molecule has 0 saturated carbocycles. The van der Waals surface area contributed by atoms with Gasteiger partial charge in [-0.15, -0.1) is 0 Å². The number of halogens is 2. The molecule has 5 heteroatoms. The fourth-order valence-electron chi connectivity index (χ4n) is 1.90. The summed E-state index contributed by atoms with van der Waals surface area (Å²) in [6, 6.07) is 7.49. The summed E-state index contributed by atoms with van der Waals surface area (Å²) < 4.78 is 18.9. The number of aliphatic hydroxyl groups is 1. The van der Waals surface area contributed by atoms with Gasteiger partial charge in [-0.3, -0.25) is 4.98 Å². The maximum Gasteiger partial charge on any atom is 0.145 e. The maximum atomic E-state index is 13.2.